The third-order valence-electron chi connectivity index (χ3n) is 6.30. The molecule has 1 saturated carbocycles. The number of ether oxygens (including phenoxy) is 1. The number of carbonyl (C=O) groups excluding carboxylic acids is 2. The molecule has 1 atom stereocenters. The standard InChI is InChI=1S/C25H28ClN3O3/c1-28(25(31)18-7-3-4-8-18)16-24(30)29-23(17-11-13-19(32-2)14-12-17)15-22(27-29)20-9-5-6-10-21(20)26/h5-6,9-14,18,23H,3-4,7-8,15-16H2,1-2H3. The van der Waals surface area contributed by atoms with Gasteiger partial charge in [0.25, 0.3) is 5.91 Å². The minimum atomic E-state index is -0.269. The highest BCUT2D eigenvalue weighted by Gasteiger charge is 2.35. The predicted molar refractivity (Wildman–Crippen MR) is 125 cm³/mol. The lowest BCUT2D eigenvalue weighted by Crippen LogP contribution is -2.41. The summed E-state index contributed by atoms with van der Waals surface area (Å²) in [5, 5.41) is 6.79. The number of rotatable bonds is 6. The summed E-state index contributed by atoms with van der Waals surface area (Å²) in [6, 6.07) is 14.9. The molecule has 0 radical (unpaired) electrons. The number of likely N-dealkylation sites (N-methyl/N-ethyl adjacent to an activating group) is 1. The highest BCUT2D eigenvalue weighted by Crippen LogP contribution is 2.35. The van der Waals surface area contributed by atoms with E-state index in [1.165, 1.54) is 5.01 Å². The highest BCUT2D eigenvalue weighted by molar-refractivity contribution is 6.34. The van der Waals surface area contributed by atoms with Crippen molar-refractivity contribution in [1.29, 1.82) is 0 Å². The van der Waals surface area contributed by atoms with Gasteiger partial charge in [-0.15, -0.1) is 0 Å². The molecule has 4 rings (SSSR count). The molecule has 7 heteroatoms. The smallest absolute Gasteiger partial charge is 0.262 e. The number of methoxy groups -OCH3 is 1. The van der Waals surface area contributed by atoms with Crippen molar-refractivity contribution in [3.8, 4) is 5.75 Å². The summed E-state index contributed by atoms with van der Waals surface area (Å²) < 4.78 is 5.27. The van der Waals surface area contributed by atoms with E-state index in [0.717, 1.165) is 48.3 Å². The van der Waals surface area contributed by atoms with Crippen LogP contribution in [0.1, 0.15) is 49.3 Å². The number of hydrazone groups is 1. The van der Waals surface area contributed by atoms with Gasteiger partial charge >= 0.3 is 0 Å². The Morgan fingerprint density at radius 2 is 1.81 bits per heavy atom. The van der Waals surface area contributed by atoms with Crippen molar-refractivity contribution in [1.82, 2.24) is 9.91 Å². The van der Waals surface area contributed by atoms with Gasteiger partial charge in [-0.1, -0.05) is 54.8 Å². The summed E-state index contributed by atoms with van der Waals surface area (Å²) in [6.45, 7) is 0.00128. The lowest BCUT2D eigenvalue weighted by atomic mass is 9.98. The van der Waals surface area contributed by atoms with Gasteiger partial charge in [-0.25, -0.2) is 5.01 Å². The molecule has 1 aliphatic carbocycles. The fourth-order valence-corrected chi connectivity index (χ4v) is 4.77. The van der Waals surface area contributed by atoms with Crippen LogP contribution in [-0.2, 0) is 9.59 Å². The average Bonchev–Trinajstić information content (AvgIpc) is 3.49. The first-order valence-corrected chi connectivity index (χ1v) is 11.4. The Kier molecular flexibility index (Phi) is 6.80. The zero-order chi connectivity index (χ0) is 22.7. The molecule has 1 unspecified atom stereocenters. The Bertz CT molecular complexity index is 1020. The predicted octanol–water partition coefficient (Wildman–Crippen LogP) is 4.67. The molecule has 2 aliphatic rings. The number of nitrogens with zero attached hydrogens (tertiary/aromatic N) is 3. The lowest BCUT2D eigenvalue weighted by molar-refractivity contribution is -0.142. The average molecular weight is 454 g/mol. The molecular formula is C25H28ClN3O3. The summed E-state index contributed by atoms with van der Waals surface area (Å²) in [7, 11) is 3.33. The first-order valence-electron chi connectivity index (χ1n) is 11.0. The van der Waals surface area contributed by atoms with E-state index in [1.807, 2.05) is 48.5 Å². The van der Waals surface area contributed by atoms with Gasteiger partial charge in [-0.3, -0.25) is 9.59 Å². The second-order valence-corrected chi connectivity index (χ2v) is 8.84. The van der Waals surface area contributed by atoms with Gasteiger partial charge in [0.2, 0.25) is 5.91 Å². The zero-order valence-corrected chi connectivity index (χ0v) is 19.2. The Balaban J connectivity index is 1.58. The molecule has 32 heavy (non-hydrogen) atoms. The van der Waals surface area contributed by atoms with Gasteiger partial charge in [-0.05, 0) is 36.6 Å². The number of amides is 2. The van der Waals surface area contributed by atoms with E-state index in [9.17, 15) is 9.59 Å². The molecule has 0 aromatic heterocycles. The van der Waals surface area contributed by atoms with Crippen molar-refractivity contribution in [2.24, 2.45) is 11.0 Å². The van der Waals surface area contributed by atoms with E-state index in [-0.39, 0.29) is 30.3 Å². The Labute approximate surface area is 193 Å². The van der Waals surface area contributed by atoms with Crippen LogP contribution in [0.3, 0.4) is 0 Å². The van der Waals surface area contributed by atoms with E-state index in [0.29, 0.717) is 11.4 Å². The monoisotopic (exact) mass is 453 g/mol. The van der Waals surface area contributed by atoms with E-state index in [4.69, 9.17) is 16.3 Å². The third-order valence-corrected chi connectivity index (χ3v) is 6.63. The number of benzene rings is 2. The number of halogens is 1. The van der Waals surface area contributed by atoms with Crippen molar-refractivity contribution < 1.29 is 14.3 Å². The Morgan fingerprint density at radius 1 is 1.12 bits per heavy atom. The van der Waals surface area contributed by atoms with Crippen LogP contribution >= 0.6 is 11.6 Å². The molecule has 0 bridgehead atoms. The molecule has 2 aromatic carbocycles. The van der Waals surface area contributed by atoms with Gasteiger partial charge in [0.05, 0.1) is 18.9 Å². The van der Waals surface area contributed by atoms with Crippen molar-refractivity contribution in [3.05, 3.63) is 64.7 Å². The fraction of sp³-hybridized carbons (Fsp3) is 0.400. The first kappa shape index (κ1) is 22.3. The van der Waals surface area contributed by atoms with Crippen molar-refractivity contribution in [2.45, 2.75) is 38.1 Å². The summed E-state index contributed by atoms with van der Waals surface area (Å²) in [5.74, 6) is 0.623. The summed E-state index contributed by atoms with van der Waals surface area (Å²) in [4.78, 5) is 27.6. The minimum Gasteiger partial charge on any atom is -0.497 e. The molecule has 168 valence electrons. The maximum atomic E-state index is 13.3. The van der Waals surface area contributed by atoms with E-state index in [2.05, 4.69) is 5.10 Å². The van der Waals surface area contributed by atoms with Gasteiger partial charge in [0.15, 0.2) is 0 Å². The van der Waals surface area contributed by atoms with Crippen LogP contribution in [0, 0.1) is 5.92 Å². The van der Waals surface area contributed by atoms with Crippen LogP contribution in [0.4, 0.5) is 0 Å². The van der Waals surface area contributed by atoms with Crippen molar-refractivity contribution >= 4 is 29.1 Å². The van der Waals surface area contributed by atoms with Crippen LogP contribution in [0.2, 0.25) is 5.02 Å². The lowest BCUT2D eigenvalue weighted by Gasteiger charge is -2.26. The molecule has 1 aliphatic heterocycles. The van der Waals surface area contributed by atoms with E-state index < -0.39 is 0 Å². The van der Waals surface area contributed by atoms with Crippen LogP contribution in [0.15, 0.2) is 53.6 Å². The second-order valence-electron chi connectivity index (χ2n) is 8.43. The van der Waals surface area contributed by atoms with Crippen LogP contribution in [0.25, 0.3) is 0 Å². The first-order chi connectivity index (χ1) is 15.5. The van der Waals surface area contributed by atoms with Crippen molar-refractivity contribution in [2.75, 3.05) is 20.7 Å². The molecule has 0 saturated heterocycles. The van der Waals surface area contributed by atoms with Gasteiger partial charge in [0, 0.05) is 30.0 Å². The van der Waals surface area contributed by atoms with Crippen LogP contribution in [0.5, 0.6) is 5.75 Å². The van der Waals surface area contributed by atoms with E-state index in [1.54, 1.807) is 19.1 Å². The van der Waals surface area contributed by atoms with Crippen LogP contribution in [-0.4, -0.2) is 48.1 Å². The molecule has 0 spiro atoms. The van der Waals surface area contributed by atoms with Crippen LogP contribution < -0.4 is 4.74 Å². The minimum absolute atomic E-state index is 0.00128. The third kappa shape index (κ3) is 4.65. The molecular weight excluding hydrogens is 426 g/mol. The summed E-state index contributed by atoms with van der Waals surface area (Å²) in [6.07, 6.45) is 4.52. The number of hydrogen-bond donors (Lipinski definition) is 0. The molecule has 6 nitrogen and oxygen atoms in total. The molecule has 0 N–H and O–H groups in total. The van der Waals surface area contributed by atoms with E-state index >= 15 is 0 Å². The zero-order valence-electron chi connectivity index (χ0n) is 18.5. The maximum Gasteiger partial charge on any atom is 0.262 e. The van der Waals surface area contributed by atoms with Gasteiger partial charge < -0.3 is 9.64 Å². The fourth-order valence-electron chi connectivity index (χ4n) is 4.52. The normalized spacial score (nSPS) is 18.5. The molecule has 2 amide bonds. The molecule has 2 aromatic rings. The largest absolute Gasteiger partial charge is 0.497 e. The second kappa shape index (κ2) is 9.74. The number of hydrogen-bond acceptors (Lipinski definition) is 4. The Hall–Kier alpha value is -2.86. The highest BCUT2D eigenvalue weighted by atomic mass is 35.5. The Morgan fingerprint density at radius 3 is 2.47 bits per heavy atom. The molecule has 1 fully saturated rings. The van der Waals surface area contributed by atoms with Gasteiger partial charge in [-0.2, -0.15) is 5.10 Å². The molecule has 1 heterocycles. The maximum absolute atomic E-state index is 13.3. The quantitative estimate of drug-likeness (QED) is 0.638. The topological polar surface area (TPSA) is 62.2 Å². The summed E-state index contributed by atoms with van der Waals surface area (Å²) in [5.41, 5.74) is 2.53. The van der Waals surface area contributed by atoms with Gasteiger partial charge in [0.1, 0.15) is 12.3 Å². The van der Waals surface area contributed by atoms with Crippen molar-refractivity contribution in [3.63, 3.8) is 0 Å². The number of carbonyl (C=O) groups is 2. The SMILES string of the molecule is COc1ccc(C2CC(c3ccccc3Cl)=NN2C(=O)CN(C)C(=O)C2CCCC2)cc1. The summed E-state index contributed by atoms with van der Waals surface area (Å²) >= 11 is 6.41.